The molecule has 0 spiro atoms. The first kappa shape index (κ1) is 17.9. The molecule has 0 aliphatic carbocycles. The highest BCUT2D eigenvalue weighted by molar-refractivity contribution is 5.92. The summed E-state index contributed by atoms with van der Waals surface area (Å²) in [7, 11) is 0. The van der Waals surface area contributed by atoms with E-state index in [9.17, 15) is 9.59 Å². The summed E-state index contributed by atoms with van der Waals surface area (Å²) in [6, 6.07) is 6.97. The Morgan fingerprint density at radius 3 is 2.54 bits per heavy atom. The summed E-state index contributed by atoms with van der Waals surface area (Å²) in [5.41, 5.74) is 0.913. The zero-order chi connectivity index (χ0) is 17.4. The van der Waals surface area contributed by atoms with E-state index in [1.807, 2.05) is 6.92 Å². The first-order valence-electron chi connectivity index (χ1n) is 8.57. The van der Waals surface area contributed by atoms with E-state index in [2.05, 4.69) is 27.8 Å². The Bertz CT molecular complexity index is 690. The van der Waals surface area contributed by atoms with Crippen molar-refractivity contribution in [2.45, 2.75) is 52.4 Å². The number of carbonyl (C=O) groups is 1. The molecule has 7 heteroatoms. The second kappa shape index (κ2) is 9.00. The van der Waals surface area contributed by atoms with Gasteiger partial charge in [0.15, 0.2) is 0 Å². The van der Waals surface area contributed by atoms with Crippen LogP contribution in [-0.2, 0) is 4.79 Å². The third-order valence-electron chi connectivity index (χ3n) is 4.12. The molecule has 1 atom stereocenters. The van der Waals surface area contributed by atoms with E-state index in [1.54, 1.807) is 24.3 Å². The summed E-state index contributed by atoms with van der Waals surface area (Å²) in [6.45, 7) is 4.23. The maximum atomic E-state index is 12.4. The Labute approximate surface area is 141 Å². The fourth-order valence-corrected chi connectivity index (χ4v) is 2.64. The van der Waals surface area contributed by atoms with E-state index in [0.29, 0.717) is 11.4 Å². The van der Waals surface area contributed by atoms with Crippen LogP contribution >= 0.6 is 0 Å². The van der Waals surface area contributed by atoms with Crippen LogP contribution in [0.25, 0.3) is 5.69 Å². The largest absolute Gasteiger partial charge is 0.365 e. The molecule has 0 unspecified atom stereocenters. The lowest BCUT2D eigenvalue weighted by atomic mass is 9.97. The minimum absolute atomic E-state index is 0.0414. The molecule has 1 aromatic carbocycles. The Kier molecular flexibility index (Phi) is 6.72. The molecule has 1 amide bonds. The van der Waals surface area contributed by atoms with Gasteiger partial charge in [-0.3, -0.25) is 4.79 Å². The number of amides is 1. The number of H-pyrrole nitrogens is 1. The summed E-state index contributed by atoms with van der Waals surface area (Å²) in [6.07, 6.45) is 6.46. The minimum Gasteiger partial charge on any atom is -0.326 e. The van der Waals surface area contributed by atoms with E-state index in [4.69, 9.17) is 0 Å². The SMILES string of the molecule is CCCCCC[C@@H](CC)C(=O)Nc1ccc(-n2nn[nH]c2=O)cc1. The molecule has 1 aromatic heterocycles. The molecular formula is C17H25N5O2. The van der Waals surface area contributed by atoms with Gasteiger partial charge in [-0.1, -0.05) is 39.5 Å². The Hall–Kier alpha value is -2.44. The Morgan fingerprint density at radius 1 is 1.21 bits per heavy atom. The number of aromatic nitrogens is 4. The average Bonchev–Trinajstić information content (AvgIpc) is 3.01. The van der Waals surface area contributed by atoms with Crippen LogP contribution in [0.1, 0.15) is 52.4 Å². The highest BCUT2D eigenvalue weighted by Crippen LogP contribution is 2.18. The number of nitrogens with one attached hydrogen (secondary N) is 2. The van der Waals surface area contributed by atoms with Gasteiger partial charge in [0, 0.05) is 11.6 Å². The van der Waals surface area contributed by atoms with Crippen LogP contribution in [0.4, 0.5) is 5.69 Å². The smallest absolute Gasteiger partial charge is 0.326 e. The molecule has 130 valence electrons. The van der Waals surface area contributed by atoms with Gasteiger partial charge in [0.25, 0.3) is 0 Å². The number of nitrogens with zero attached hydrogens (tertiary/aromatic N) is 3. The molecule has 0 radical (unpaired) electrons. The summed E-state index contributed by atoms with van der Waals surface area (Å²) >= 11 is 0. The zero-order valence-electron chi connectivity index (χ0n) is 14.3. The van der Waals surface area contributed by atoms with Gasteiger partial charge in [-0.05, 0) is 47.5 Å². The first-order chi connectivity index (χ1) is 11.7. The Morgan fingerprint density at radius 2 is 1.96 bits per heavy atom. The summed E-state index contributed by atoms with van der Waals surface area (Å²) in [5, 5.41) is 12.3. The molecule has 0 fully saturated rings. The maximum Gasteiger partial charge on any atom is 0.365 e. The molecule has 2 aromatic rings. The molecule has 0 bridgehead atoms. The van der Waals surface area contributed by atoms with Crippen molar-refractivity contribution in [3.63, 3.8) is 0 Å². The number of aromatic amines is 1. The molecule has 2 rings (SSSR count). The molecule has 0 saturated carbocycles. The average molecular weight is 331 g/mol. The quantitative estimate of drug-likeness (QED) is 0.691. The molecular weight excluding hydrogens is 306 g/mol. The van der Waals surface area contributed by atoms with Crippen LogP contribution in [0.3, 0.4) is 0 Å². The maximum absolute atomic E-state index is 12.4. The number of anilines is 1. The number of hydrogen-bond acceptors (Lipinski definition) is 4. The van der Waals surface area contributed by atoms with Crippen molar-refractivity contribution < 1.29 is 4.79 Å². The topological polar surface area (TPSA) is 92.7 Å². The molecule has 0 saturated heterocycles. The number of carbonyl (C=O) groups excluding carboxylic acids is 1. The fraction of sp³-hybridized carbons (Fsp3) is 0.529. The lowest BCUT2D eigenvalue weighted by Gasteiger charge is -2.15. The summed E-state index contributed by atoms with van der Waals surface area (Å²) in [4.78, 5) is 23.9. The monoisotopic (exact) mass is 331 g/mol. The van der Waals surface area contributed by atoms with Crippen LogP contribution < -0.4 is 11.0 Å². The van der Waals surface area contributed by atoms with Crippen LogP contribution in [-0.4, -0.2) is 26.1 Å². The lowest BCUT2D eigenvalue weighted by Crippen LogP contribution is -2.22. The number of benzene rings is 1. The molecule has 2 N–H and O–H groups in total. The predicted molar refractivity (Wildman–Crippen MR) is 93.1 cm³/mol. The van der Waals surface area contributed by atoms with Crippen LogP contribution in [0, 0.1) is 5.92 Å². The molecule has 0 aliphatic rings. The van der Waals surface area contributed by atoms with Gasteiger partial charge in [0.1, 0.15) is 0 Å². The highest BCUT2D eigenvalue weighted by atomic mass is 16.2. The van der Waals surface area contributed by atoms with Crippen molar-refractivity contribution in [1.29, 1.82) is 0 Å². The molecule has 0 aliphatic heterocycles. The lowest BCUT2D eigenvalue weighted by molar-refractivity contribution is -0.120. The second-order valence-electron chi connectivity index (χ2n) is 5.91. The summed E-state index contributed by atoms with van der Waals surface area (Å²) in [5.74, 6) is 0.0973. The van der Waals surface area contributed by atoms with Gasteiger partial charge in [-0.2, -0.15) is 4.68 Å². The molecule has 24 heavy (non-hydrogen) atoms. The van der Waals surface area contributed by atoms with Gasteiger partial charge >= 0.3 is 5.69 Å². The van der Waals surface area contributed by atoms with E-state index in [0.717, 1.165) is 23.9 Å². The standard InChI is InChI=1S/C17H25N5O2/c1-3-5-6-7-8-13(4-2)16(23)18-14-9-11-15(12-10-14)22-17(24)19-20-21-22/h9-13H,3-8H2,1-2H3,(H,18,23)(H,19,21,24)/t13-/m1/s1. The van der Waals surface area contributed by atoms with Crippen molar-refractivity contribution in [2.75, 3.05) is 5.32 Å². The fourth-order valence-electron chi connectivity index (χ4n) is 2.64. The zero-order valence-corrected chi connectivity index (χ0v) is 14.3. The molecule has 1 heterocycles. The van der Waals surface area contributed by atoms with Crippen LogP contribution in [0.15, 0.2) is 29.1 Å². The summed E-state index contributed by atoms with van der Waals surface area (Å²) < 4.78 is 1.16. The van der Waals surface area contributed by atoms with Crippen molar-refractivity contribution in [2.24, 2.45) is 5.92 Å². The number of tetrazole rings is 1. The van der Waals surface area contributed by atoms with Crippen molar-refractivity contribution in [1.82, 2.24) is 20.2 Å². The number of hydrogen-bond donors (Lipinski definition) is 2. The first-order valence-corrected chi connectivity index (χ1v) is 8.57. The van der Waals surface area contributed by atoms with Crippen molar-refractivity contribution >= 4 is 11.6 Å². The minimum atomic E-state index is -0.398. The highest BCUT2D eigenvalue weighted by Gasteiger charge is 2.16. The third kappa shape index (κ3) is 4.78. The molecule has 7 nitrogen and oxygen atoms in total. The van der Waals surface area contributed by atoms with Gasteiger partial charge in [-0.25, -0.2) is 9.89 Å². The normalized spacial score (nSPS) is 12.1. The third-order valence-corrected chi connectivity index (χ3v) is 4.12. The predicted octanol–water partition coefficient (Wildman–Crippen LogP) is 2.89. The Balaban J connectivity index is 1.93. The van der Waals surface area contributed by atoms with Gasteiger partial charge in [-0.15, -0.1) is 0 Å². The van der Waals surface area contributed by atoms with Crippen LogP contribution in [0.2, 0.25) is 0 Å². The van der Waals surface area contributed by atoms with Gasteiger partial charge in [0.05, 0.1) is 5.69 Å². The second-order valence-corrected chi connectivity index (χ2v) is 5.91. The number of rotatable bonds is 9. The van der Waals surface area contributed by atoms with Crippen molar-refractivity contribution in [3.8, 4) is 5.69 Å². The van der Waals surface area contributed by atoms with E-state index in [-0.39, 0.29) is 11.8 Å². The number of unbranched alkanes of at least 4 members (excludes halogenated alkanes) is 3. The van der Waals surface area contributed by atoms with Crippen LogP contribution in [0.5, 0.6) is 0 Å². The van der Waals surface area contributed by atoms with Crippen molar-refractivity contribution in [3.05, 3.63) is 34.7 Å². The van der Waals surface area contributed by atoms with E-state index in [1.165, 1.54) is 19.3 Å². The van der Waals surface area contributed by atoms with Gasteiger partial charge in [0.2, 0.25) is 5.91 Å². The van der Waals surface area contributed by atoms with E-state index < -0.39 is 5.69 Å². The van der Waals surface area contributed by atoms with E-state index >= 15 is 0 Å². The van der Waals surface area contributed by atoms with Gasteiger partial charge < -0.3 is 5.32 Å².